The molecule has 7 nitrogen and oxygen atoms in total. The molecule has 1 saturated heterocycles. The maximum atomic E-state index is 5.57. The number of hydrogen-bond donors (Lipinski definition) is 1. The summed E-state index contributed by atoms with van der Waals surface area (Å²) in [6.07, 6.45) is 0. The van der Waals surface area contributed by atoms with Gasteiger partial charge in [0.25, 0.3) is 5.89 Å². The van der Waals surface area contributed by atoms with Crippen molar-refractivity contribution >= 4 is 11.0 Å². The zero-order chi connectivity index (χ0) is 19.1. The second-order valence-electron chi connectivity index (χ2n) is 7.19. The van der Waals surface area contributed by atoms with Gasteiger partial charge in [0, 0.05) is 30.9 Å². The Morgan fingerprint density at radius 1 is 1.11 bits per heavy atom. The van der Waals surface area contributed by atoms with Gasteiger partial charge in [0.15, 0.2) is 5.82 Å². The standard InChI is InChI=1S/C21H22N6O/c1-14-23-17-12-15(8-9-18(17)27(14)16-6-4-3-5-7-16)21-24-20(25-28-21)19-13-22-10-11-26(19)2/h3-9,12,19,22H,10-11,13H2,1-2H3. The van der Waals surface area contributed by atoms with Crippen molar-refractivity contribution in [1.82, 2.24) is 29.9 Å². The number of nitrogens with one attached hydrogen (secondary N) is 1. The molecule has 0 saturated carbocycles. The molecule has 1 fully saturated rings. The molecule has 0 spiro atoms. The van der Waals surface area contributed by atoms with Gasteiger partial charge in [-0.25, -0.2) is 4.98 Å². The number of aromatic nitrogens is 4. The summed E-state index contributed by atoms with van der Waals surface area (Å²) in [5, 5.41) is 7.61. The fraction of sp³-hybridized carbons (Fsp3) is 0.286. The van der Waals surface area contributed by atoms with Crippen LogP contribution in [0.15, 0.2) is 53.1 Å². The summed E-state index contributed by atoms with van der Waals surface area (Å²) in [5.41, 5.74) is 3.96. The summed E-state index contributed by atoms with van der Waals surface area (Å²) in [5.74, 6) is 2.19. The highest BCUT2D eigenvalue weighted by atomic mass is 16.5. The van der Waals surface area contributed by atoms with Gasteiger partial charge in [0.05, 0.1) is 17.1 Å². The van der Waals surface area contributed by atoms with E-state index >= 15 is 0 Å². The zero-order valence-electron chi connectivity index (χ0n) is 16.0. The number of para-hydroxylation sites is 1. The first-order valence-electron chi connectivity index (χ1n) is 9.50. The molecule has 0 amide bonds. The van der Waals surface area contributed by atoms with Crippen LogP contribution < -0.4 is 5.32 Å². The van der Waals surface area contributed by atoms with Gasteiger partial charge in [0.2, 0.25) is 0 Å². The molecule has 0 radical (unpaired) electrons. The van der Waals surface area contributed by atoms with Crippen LogP contribution in [0.5, 0.6) is 0 Å². The number of rotatable bonds is 3. The van der Waals surface area contributed by atoms with E-state index in [1.165, 1.54) is 0 Å². The summed E-state index contributed by atoms with van der Waals surface area (Å²) >= 11 is 0. The normalized spacial score (nSPS) is 18.0. The van der Waals surface area contributed by atoms with Crippen LogP contribution in [0.2, 0.25) is 0 Å². The number of nitrogens with zero attached hydrogens (tertiary/aromatic N) is 5. The van der Waals surface area contributed by atoms with E-state index in [-0.39, 0.29) is 6.04 Å². The van der Waals surface area contributed by atoms with Gasteiger partial charge in [0.1, 0.15) is 5.82 Å². The third-order valence-electron chi connectivity index (χ3n) is 5.33. The molecule has 2 aromatic heterocycles. The Balaban J connectivity index is 1.51. The largest absolute Gasteiger partial charge is 0.334 e. The molecule has 142 valence electrons. The third kappa shape index (κ3) is 2.89. The number of hydrogen-bond acceptors (Lipinski definition) is 6. The van der Waals surface area contributed by atoms with Gasteiger partial charge in [-0.15, -0.1) is 0 Å². The van der Waals surface area contributed by atoms with Crippen molar-refractivity contribution in [2.24, 2.45) is 0 Å². The Labute approximate surface area is 163 Å². The molecule has 3 heterocycles. The Bertz CT molecular complexity index is 1120. The molecule has 0 bridgehead atoms. The van der Waals surface area contributed by atoms with Gasteiger partial charge in [-0.05, 0) is 44.3 Å². The lowest BCUT2D eigenvalue weighted by atomic mass is 10.2. The number of imidazole rings is 1. The van der Waals surface area contributed by atoms with Crippen molar-refractivity contribution in [2.45, 2.75) is 13.0 Å². The number of likely N-dealkylation sites (N-methyl/N-ethyl adjacent to an activating group) is 1. The summed E-state index contributed by atoms with van der Waals surface area (Å²) < 4.78 is 7.73. The van der Waals surface area contributed by atoms with Crippen LogP contribution in [0.25, 0.3) is 28.2 Å². The molecule has 2 aromatic carbocycles. The lowest BCUT2D eigenvalue weighted by molar-refractivity contribution is 0.190. The minimum atomic E-state index is 0.134. The molecule has 1 unspecified atom stereocenters. The van der Waals surface area contributed by atoms with E-state index in [1.807, 2.05) is 37.3 Å². The van der Waals surface area contributed by atoms with E-state index in [0.717, 1.165) is 53.6 Å². The van der Waals surface area contributed by atoms with Crippen molar-refractivity contribution in [3.63, 3.8) is 0 Å². The van der Waals surface area contributed by atoms with Crippen LogP contribution >= 0.6 is 0 Å². The van der Waals surface area contributed by atoms with Crippen LogP contribution in [-0.4, -0.2) is 51.3 Å². The van der Waals surface area contributed by atoms with Crippen LogP contribution in [0, 0.1) is 6.92 Å². The Hall–Kier alpha value is -3.03. The number of fused-ring (bicyclic) bond motifs is 1. The summed E-state index contributed by atoms with van der Waals surface area (Å²) in [4.78, 5) is 11.6. The predicted octanol–water partition coefficient (Wildman–Crippen LogP) is 2.96. The lowest BCUT2D eigenvalue weighted by Gasteiger charge is -2.30. The van der Waals surface area contributed by atoms with Crippen LogP contribution in [0.1, 0.15) is 17.7 Å². The number of aryl methyl sites for hydroxylation is 1. The first-order chi connectivity index (χ1) is 13.7. The molecule has 4 aromatic rings. The molecule has 28 heavy (non-hydrogen) atoms. The molecule has 1 aliphatic heterocycles. The van der Waals surface area contributed by atoms with Crippen molar-refractivity contribution in [2.75, 3.05) is 26.7 Å². The molecular formula is C21H22N6O. The maximum absolute atomic E-state index is 5.57. The average Bonchev–Trinajstić information content (AvgIpc) is 3.32. The Kier molecular flexibility index (Phi) is 4.18. The molecular weight excluding hydrogens is 352 g/mol. The predicted molar refractivity (Wildman–Crippen MR) is 107 cm³/mol. The van der Waals surface area contributed by atoms with Crippen molar-refractivity contribution in [1.29, 1.82) is 0 Å². The van der Waals surface area contributed by atoms with Gasteiger partial charge >= 0.3 is 0 Å². The fourth-order valence-electron chi connectivity index (χ4n) is 3.82. The SMILES string of the molecule is Cc1nc2cc(-c3nc(C4CNCCN4C)no3)ccc2n1-c1ccccc1. The van der Waals surface area contributed by atoms with E-state index in [2.05, 4.69) is 50.2 Å². The highest BCUT2D eigenvalue weighted by molar-refractivity contribution is 5.82. The van der Waals surface area contributed by atoms with Gasteiger partial charge in [-0.1, -0.05) is 23.4 Å². The van der Waals surface area contributed by atoms with Crippen molar-refractivity contribution in [3.05, 3.63) is 60.2 Å². The quantitative estimate of drug-likeness (QED) is 0.594. The van der Waals surface area contributed by atoms with E-state index in [4.69, 9.17) is 9.51 Å². The van der Waals surface area contributed by atoms with E-state index in [9.17, 15) is 0 Å². The maximum Gasteiger partial charge on any atom is 0.258 e. The van der Waals surface area contributed by atoms with Crippen LogP contribution in [-0.2, 0) is 0 Å². The molecule has 1 atom stereocenters. The molecule has 7 heteroatoms. The zero-order valence-corrected chi connectivity index (χ0v) is 16.0. The minimum absolute atomic E-state index is 0.134. The smallest absolute Gasteiger partial charge is 0.258 e. The molecule has 5 rings (SSSR count). The Morgan fingerprint density at radius 3 is 2.79 bits per heavy atom. The topological polar surface area (TPSA) is 72.0 Å². The van der Waals surface area contributed by atoms with Gasteiger partial charge in [-0.3, -0.25) is 9.47 Å². The number of benzene rings is 2. The van der Waals surface area contributed by atoms with Crippen molar-refractivity contribution in [3.8, 4) is 17.1 Å². The summed E-state index contributed by atoms with van der Waals surface area (Å²) in [6.45, 7) is 4.80. The average molecular weight is 374 g/mol. The second-order valence-corrected chi connectivity index (χ2v) is 7.19. The highest BCUT2D eigenvalue weighted by Crippen LogP contribution is 2.27. The van der Waals surface area contributed by atoms with E-state index < -0.39 is 0 Å². The van der Waals surface area contributed by atoms with Gasteiger partial charge in [-0.2, -0.15) is 4.98 Å². The van der Waals surface area contributed by atoms with E-state index in [1.54, 1.807) is 0 Å². The fourth-order valence-corrected chi connectivity index (χ4v) is 3.82. The molecule has 1 aliphatic rings. The summed E-state index contributed by atoms with van der Waals surface area (Å²) in [7, 11) is 2.09. The Morgan fingerprint density at radius 2 is 1.96 bits per heavy atom. The second kappa shape index (κ2) is 6.85. The molecule has 1 N–H and O–H groups in total. The van der Waals surface area contributed by atoms with Gasteiger partial charge < -0.3 is 9.84 Å². The first-order valence-corrected chi connectivity index (χ1v) is 9.50. The monoisotopic (exact) mass is 374 g/mol. The highest BCUT2D eigenvalue weighted by Gasteiger charge is 2.25. The molecule has 0 aliphatic carbocycles. The van der Waals surface area contributed by atoms with Crippen LogP contribution in [0.4, 0.5) is 0 Å². The number of piperazine rings is 1. The first kappa shape index (κ1) is 17.1. The lowest BCUT2D eigenvalue weighted by Crippen LogP contribution is -2.44. The van der Waals surface area contributed by atoms with Crippen LogP contribution in [0.3, 0.4) is 0 Å². The summed E-state index contributed by atoms with van der Waals surface area (Å²) in [6, 6.07) is 16.5. The van der Waals surface area contributed by atoms with E-state index in [0.29, 0.717) is 5.89 Å². The van der Waals surface area contributed by atoms with Crippen molar-refractivity contribution < 1.29 is 4.52 Å². The minimum Gasteiger partial charge on any atom is -0.334 e. The third-order valence-corrected chi connectivity index (χ3v) is 5.33.